The average Bonchev–Trinajstić information content (AvgIpc) is 2.56. The van der Waals surface area contributed by atoms with Gasteiger partial charge in [-0.15, -0.1) is 11.8 Å². The highest BCUT2D eigenvalue weighted by Crippen LogP contribution is 2.21. The average molecular weight is 301 g/mol. The molecule has 0 unspecified atom stereocenters. The van der Waals surface area contributed by atoms with E-state index in [0.29, 0.717) is 0 Å². The molecule has 2 heterocycles. The molecule has 21 heavy (non-hydrogen) atoms. The minimum Gasteiger partial charge on any atom is -0.317 e. The van der Waals surface area contributed by atoms with Crippen LogP contribution in [0.5, 0.6) is 0 Å². The van der Waals surface area contributed by atoms with E-state index in [9.17, 15) is 4.79 Å². The van der Waals surface area contributed by atoms with Gasteiger partial charge in [-0.2, -0.15) is 5.10 Å². The molecule has 110 valence electrons. The van der Waals surface area contributed by atoms with Crippen molar-refractivity contribution in [3.8, 4) is 11.1 Å². The van der Waals surface area contributed by atoms with Crippen LogP contribution in [0.1, 0.15) is 18.9 Å². The maximum absolute atomic E-state index is 12.7. The molecule has 1 fully saturated rings. The number of hydrogen-bond acceptors (Lipinski definition) is 4. The van der Waals surface area contributed by atoms with Gasteiger partial charge < -0.3 is 5.32 Å². The van der Waals surface area contributed by atoms with Gasteiger partial charge >= 0.3 is 0 Å². The maximum Gasteiger partial charge on any atom is 0.274 e. The van der Waals surface area contributed by atoms with E-state index in [1.165, 1.54) is 4.90 Å². The first-order valence-electron chi connectivity index (χ1n) is 7.22. The predicted octanol–water partition coefficient (Wildman–Crippen LogP) is 2.56. The van der Waals surface area contributed by atoms with Gasteiger partial charge in [0, 0.05) is 11.1 Å². The Morgan fingerprint density at radius 3 is 2.57 bits per heavy atom. The summed E-state index contributed by atoms with van der Waals surface area (Å²) in [6, 6.07) is 10.1. The number of aromatic nitrogens is 2. The van der Waals surface area contributed by atoms with E-state index in [0.717, 1.165) is 37.1 Å². The Morgan fingerprint density at radius 1 is 1.19 bits per heavy atom. The third kappa shape index (κ3) is 3.04. The SMILES string of the molecule is CSc1ccc(-c2ccnn(C3CCNCC3)c2=O)cc1. The van der Waals surface area contributed by atoms with Crippen molar-refractivity contribution in [1.29, 1.82) is 0 Å². The summed E-state index contributed by atoms with van der Waals surface area (Å²) in [6.45, 7) is 1.90. The van der Waals surface area contributed by atoms with Crippen LogP contribution in [0.15, 0.2) is 46.2 Å². The van der Waals surface area contributed by atoms with Gasteiger partial charge in [0.15, 0.2) is 0 Å². The van der Waals surface area contributed by atoms with Crippen LogP contribution in [0.4, 0.5) is 0 Å². The van der Waals surface area contributed by atoms with Crippen molar-refractivity contribution in [1.82, 2.24) is 15.1 Å². The fourth-order valence-electron chi connectivity index (χ4n) is 2.73. The van der Waals surface area contributed by atoms with Crippen LogP contribution in [0.2, 0.25) is 0 Å². The van der Waals surface area contributed by atoms with E-state index >= 15 is 0 Å². The monoisotopic (exact) mass is 301 g/mol. The number of piperidine rings is 1. The van der Waals surface area contributed by atoms with Crippen LogP contribution in [0.3, 0.4) is 0 Å². The topological polar surface area (TPSA) is 46.9 Å². The zero-order valence-corrected chi connectivity index (χ0v) is 12.9. The van der Waals surface area contributed by atoms with Crippen molar-refractivity contribution < 1.29 is 0 Å². The number of nitrogens with one attached hydrogen (secondary N) is 1. The van der Waals surface area contributed by atoms with Crippen LogP contribution >= 0.6 is 11.8 Å². The molecule has 1 aliphatic heterocycles. The molecule has 4 nitrogen and oxygen atoms in total. The lowest BCUT2D eigenvalue weighted by Gasteiger charge is -2.23. The Kier molecular flexibility index (Phi) is 4.41. The van der Waals surface area contributed by atoms with E-state index in [1.807, 2.05) is 24.5 Å². The van der Waals surface area contributed by atoms with E-state index in [1.54, 1.807) is 22.6 Å². The number of hydrogen-bond donors (Lipinski definition) is 1. The second kappa shape index (κ2) is 6.45. The van der Waals surface area contributed by atoms with E-state index < -0.39 is 0 Å². The molecular formula is C16H19N3OS. The summed E-state index contributed by atoms with van der Waals surface area (Å²) in [4.78, 5) is 13.9. The van der Waals surface area contributed by atoms with E-state index in [-0.39, 0.29) is 11.6 Å². The van der Waals surface area contributed by atoms with Crippen molar-refractivity contribution in [2.75, 3.05) is 19.3 Å². The molecule has 1 N–H and O–H groups in total. The molecule has 0 aliphatic carbocycles. The zero-order valence-electron chi connectivity index (χ0n) is 12.1. The second-order valence-electron chi connectivity index (χ2n) is 5.20. The van der Waals surface area contributed by atoms with Gasteiger partial charge in [-0.3, -0.25) is 4.79 Å². The van der Waals surface area contributed by atoms with Crippen LogP contribution in [0.25, 0.3) is 11.1 Å². The van der Waals surface area contributed by atoms with E-state index in [2.05, 4.69) is 22.5 Å². The van der Waals surface area contributed by atoms with E-state index in [4.69, 9.17) is 0 Å². The molecule has 0 saturated carbocycles. The standard InChI is InChI=1S/C16H19N3OS/c1-21-14-4-2-12(3-5-14)15-8-11-18-19(16(15)20)13-6-9-17-10-7-13/h2-5,8,11,13,17H,6-7,9-10H2,1H3. The fourth-order valence-corrected chi connectivity index (χ4v) is 3.14. The van der Waals surface area contributed by atoms with Crippen LogP contribution in [0, 0.1) is 0 Å². The second-order valence-corrected chi connectivity index (χ2v) is 6.08. The predicted molar refractivity (Wildman–Crippen MR) is 86.9 cm³/mol. The van der Waals surface area contributed by atoms with Gasteiger partial charge in [0.25, 0.3) is 5.56 Å². The molecule has 0 atom stereocenters. The minimum absolute atomic E-state index is 0.0151. The first kappa shape index (κ1) is 14.4. The van der Waals surface area contributed by atoms with Gasteiger partial charge in [0.2, 0.25) is 0 Å². The quantitative estimate of drug-likeness (QED) is 0.885. The van der Waals surface area contributed by atoms with Gasteiger partial charge in [-0.1, -0.05) is 12.1 Å². The molecule has 0 radical (unpaired) electrons. The first-order chi connectivity index (χ1) is 10.3. The summed E-state index contributed by atoms with van der Waals surface area (Å²) >= 11 is 1.70. The lowest BCUT2D eigenvalue weighted by molar-refractivity contribution is 0.332. The van der Waals surface area contributed by atoms with Crippen LogP contribution in [-0.2, 0) is 0 Å². The summed E-state index contributed by atoms with van der Waals surface area (Å²) in [5.74, 6) is 0. The highest BCUT2D eigenvalue weighted by molar-refractivity contribution is 7.98. The molecule has 1 aromatic carbocycles. The van der Waals surface area contributed by atoms with Crippen molar-refractivity contribution in [3.05, 3.63) is 46.9 Å². The largest absolute Gasteiger partial charge is 0.317 e. The van der Waals surface area contributed by atoms with Gasteiger partial charge in [0.05, 0.1) is 11.6 Å². The van der Waals surface area contributed by atoms with Crippen molar-refractivity contribution >= 4 is 11.8 Å². The van der Waals surface area contributed by atoms with Crippen LogP contribution < -0.4 is 10.9 Å². The lowest BCUT2D eigenvalue weighted by Crippen LogP contribution is -2.35. The Hall–Kier alpha value is -1.59. The Labute approximate surface area is 128 Å². The third-order valence-electron chi connectivity index (χ3n) is 3.93. The van der Waals surface area contributed by atoms with Crippen molar-refractivity contribution in [2.24, 2.45) is 0 Å². The van der Waals surface area contributed by atoms with Crippen LogP contribution in [-0.4, -0.2) is 29.1 Å². The number of benzene rings is 1. The normalized spacial score (nSPS) is 16.0. The summed E-state index contributed by atoms with van der Waals surface area (Å²) < 4.78 is 1.67. The van der Waals surface area contributed by atoms with Crippen molar-refractivity contribution in [2.45, 2.75) is 23.8 Å². The van der Waals surface area contributed by atoms with Gasteiger partial charge in [-0.05, 0) is 55.9 Å². The van der Waals surface area contributed by atoms with Gasteiger partial charge in [0.1, 0.15) is 0 Å². The number of nitrogens with zero attached hydrogens (tertiary/aromatic N) is 2. The molecule has 1 aromatic heterocycles. The number of thioether (sulfide) groups is 1. The van der Waals surface area contributed by atoms with Gasteiger partial charge in [-0.25, -0.2) is 4.68 Å². The summed E-state index contributed by atoms with van der Waals surface area (Å²) in [5.41, 5.74) is 1.71. The molecule has 5 heteroatoms. The first-order valence-corrected chi connectivity index (χ1v) is 8.45. The lowest BCUT2D eigenvalue weighted by atomic mass is 10.1. The molecule has 3 rings (SSSR count). The molecule has 1 aliphatic rings. The highest BCUT2D eigenvalue weighted by Gasteiger charge is 2.18. The molecule has 0 bridgehead atoms. The maximum atomic E-state index is 12.7. The summed E-state index contributed by atoms with van der Waals surface area (Å²) in [7, 11) is 0. The molecule has 0 spiro atoms. The Balaban J connectivity index is 1.97. The summed E-state index contributed by atoms with van der Waals surface area (Å²) in [5, 5.41) is 7.61. The van der Waals surface area contributed by atoms with Crippen molar-refractivity contribution in [3.63, 3.8) is 0 Å². The molecular weight excluding hydrogens is 282 g/mol. The molecule has 0 amide bonds. The molecule has 1 saturated heterocycles. The summed E-state index contributed by atoms with van der Waals surface area (Å²) in [6.07, 6.45) is 5.70. The number of rotatable bonds is 3. The molecule has 2 aromatic rings. The zero-order chi connectivity index (χ0) is 14.7. The Bertz CT molecular complexity index is 660. The smallest absolute Gasteiger partial charge is 0.274 e. The minimum atomic E-state index is 0.0151. The Morgan fingerprint density at radius 2 is 1.90 bits per heavy atom. The highest BCUT2D eigenvalue weighted by atomic mass is 32.2. The third-order valence-corrected chi connectivity index (χ3v) is 4.67. The fraction of sp³-hybridized carbons (Fsp3) is 0.375.